The topological polar surface area (TPSA) is 20.2 Å². The molecular formula is C13H30O. The van der Waals surface area contributed by atoms with E-state index >= 15 is 0 Å². The van der Waals surface area contributed by atoms with Gasteiger partial charge in [0.15, 0.2) is 0 Å². The van der Waals surface area contributed by atoms with E-state index in [0.717, 1.165) is 18.8 Å². The molecule has 0 heterocycles. The third-order valence-electron chi connectivity index (χ3n) is 3.14. The lowest BCUT2D eigenvalue weighted by Crippen LogP contribution is -2.01. The molecule has 88 valence electrons. The standard InChI is InChI=1S/C7H16.C6H14O/c1-4-7(5-2)6-3;1-3-6(4-2)5-7/h7H,4-6H2,1-3H3;6-7H,3-5H2,1-2H3. The Morgan fingerprint density at radius 1 is 0.643 bits per heavy atom. The first kappa shape index (κ1) is 16.4. The third-order valence-corrected chi connectivity index (χ3v) is 3.14. The molecule has 0 saturated heterocycles. The van der Waals surface area contributed by atoms with Crippen molar-refractivity contribution in [3.8, 4) is 0 Å². The van der Waals surface area contributed by atoms with Crippen LogP contribution >= 0.6 is 0 Å². The maximum absolute atomic E-state index is 8.53. The molecule has 0 spiro atoms. The summed E-state index contributed by atoms with van der Waals surface area (Å²) in [7, 11) is 0. The number of hydrogen-bond donors (Lipinski definition) is 1. The Bertz CT molecular complexity index is 60.2. The lowest BCUT2D eigenvalue weighted by Gasteiger charge is -2.05. The lowest BCUT2D eigenvalue weighted by atomic mass is 10.0. The number of aliphatic hydroxyl groups is 1. The zero-order valence-corrected chi connectivity index (χ0v) is 10.8. The molecule has 0 aliphatic carbocycles. The Labute approximate surface area is 90.9 Å². The van der Waals surface area contributed by atoms with Crippen LogP contribution in [-0.4, -0.2) is 11.7 Å². The summed E-state index contributed by atoms with van der Waals surface area (Å²) in [5, 5.41) is 8.53. The molecule has 1 nitrogen and oxygen atoms in total. The van der Waals surface area contributed by atoms with Crippen molar-refractivity contribution in [3.05, 3.63) is 0 Å². The third kappa shape index (κ3) is 10.0. The highest BCUT2D eigenvalue weighted by atomic mass is 16.3. The fourth-order valence-electron chi connectivity index (χ4n) is 1.41. The molecule has 0 aliphatic heterocycles. The Hall–Kier alpha value is -0.0400. The van der Waals surface area contributed by atoms with E-state index < -0.39 is 0 Å². The molecule has 1 N–H and O–H groups in total. The molecule has 0 fully saturated rings. The number of hydrogen-bond acceptors (Lipinski definition) is 1. The molecule has 14 heavy (non-hydrogen) atoms. The predicted molar refractivity (Wildman–Crippen MR) is 65.5 cm³/mol. The Kier molecular flexibility index (Phi) is 15.2. The van der Waals surface area contributed by atoms with Crippen LogP contribution in [0.3, 0.4) is 0 Å². The number of aliphatic hydroxyl groups excluding tert-OH is 1. The highest BCUT2D eigenvalue weighted by Gasteiger charge is 1.97. The minimum Gasteiger partial charge on any atom is -0.396 e. The van der Waals surface area contributed by atoms with Gasteiger partial charge < -0.3 is 5.11 Å². The van der Waals surface area contributed by atoms with E-state index in [1.807, 2.05) is 0 Å². The van der Waals surface area contributed by atoms with Gasteiger partial charge in [0.2, 0.25) is 0 Å². The van der Waals surface area contributed by atoms with Gasteiger partial charge >= 0.3 is 0 Å². The van der Waals surface area contributed by atoms with Crippen LogP contribution in [0.25, 0.3) is 0 Å². The second-order valence-corrected chi connectivity index (χ2v) is 3.96. The van der Waals surface area contributed by atoms with E-state index in [4.69, 9.17) is 5.11 Å². The summed E-state index contributed by atoms with van der Waals surface area (Å²) < 4.78 is 0. The van der Waals surface area contributed by atoms with E-state index in [1.54, 1.807) is 0 Å². The molecule has 0 bridgehead atoms. The minimum absolute atomic E-state index is 0.354. The molecule has 0 radical (unpaired) electrons. The van der Waals surface area contributed by atoms with Crippen LogP contribution in [0.2, 0.25) is 0 Å². The van der Waals surface area contributed by atoms with Crippen molar-refractivity contribution in [1.29, 1.82) is 0 Å². The van der Waals surface area contributed by atoms with Gasteiger partial charge in [0.1, 0.15) is 0 Å². The molecule has 0 saturated carbocycles. The average Bonchev–Trinajstić information content (AvgIpc) is 2.24. The van der Waals surface area contributed by atoms with Crippen LogP contribution < -0.4 is 0 Å². The van der Waals surface area contributed by atoms with E-state index in [1.165, 1.54) is 19.3 Å². The second kappa shape index (κ2) is 13.0. The second-order valence-electron chi connectivity index (χ2n) is 3.96. The fourth-order valence-corrected chi connectivity index (χ4v) is 1.41. The van der Waals surface area contributed by atoms with Crippen molar-refractivity contribution in [2.45, 2.75) is 66.7 Å². The molecule has 1 heteroatoms. The maximum Gasteiger partial charge on any atom is 0.0459 e. The normalized spacial score (nSPS) is 10.3. The molecule has 0 aromatic carbocycles. The molecule has 0 rings (SSSR count). The number of rotatable bonds is 6. The van der Waals surface area contributed by atoms with Gasteiger partial charge in [-0.15, -0.1) is 0 Å². The monoisotopic (exact) mass is 202 g/mol. The fraction of sp³-hybridized carbons (Fsp3) is 1.00. The predicted octanol–water partition coefficient (Wildman–Crippen LogP) is 4.25. The first-order chi connectivity index (χ1) is 6.69. The van der Waals surface area contributed by atoms with E-state index in [2.05, 4.69) is 34.6 Å². The zero-order chi connectivity index (χ0) is 11.4. The summed E-state index contributed by atoms with van der Waals surface area (Å²) in [4.78, 5) is 0. The van der Waals surface area contributed by atoms with E-state index in [0.29, 0.717) is 12.5 Å². The summed E-state index contributed by atoms with van der Waals surface area (Å²) in [6.07, 6.45) is 6.27. The quantitative estimate of drug-likeness (QED) is 0.683. The summed E-state index contributed by atoms with van der Waals surface area (Å²) in [5.74, 6) is 1.53. The first-order valence-corrected chi connectivity index (χ1v) is 6.30. The molecular weight excluding hydrogens is 172 g/mol. The van der Waals surface area contributed by atoms with Crippen molar-refractivity contribution in [3.63, 3.8) is 0 Å². The largest absolute Gasteiger partial charge is 0.396 e. The Morgan fingerprint density at radius 2 is 0.929 bits per heavy atom. The van der Waals surface area contributed by atoms with Gasteiger partial charge in [0, 0.05) is 6.61 Å². The van der Waals surface area contributed by atoms with Crippen LogP contribution in [0.15, 0.2) is 0 Å². The van der Waals surface area contributed by atoms with Gasteiger partial charge in [-0.3, -0.25) is 0 Å². The average molecular weight is 202 g/mol. The zero-order valence-electron chi connectivity index (χ0n) is 10.8. The summed E-state index contributed by atoms with van der Waals surface area (Å²) in [5.41, 5.74) is 0. The van der Waals surface area contributed by atoms with Crippen LogP contribution in [0, 0.1) is 11.8 Å². The molecule has 0 unspecified atom stereocenters. The van der Waals surface area contributed by atoms with Crippen molar-refractivity contribution in [2.75, 3.05) is 6.61 Å². The molecule has 0 amide bonds. The SMILES string of the molecule is CCC(CC)CC.CCC(CC)CO. The summed E-state index contributed by atoms with van der Waals surface area (Å²) in [6, 6.07) is 0. The molecule has 0 aliphatic rings. The van der Waals surface area contributed by atoms with E-state index in [9.17, 15) is 0 Å². The van der Waals surface area contributed by atoms with Crippen molar-refractivity contribution >= 4 is 0 Å². The van der Waals surface area contributed by atoms with Gasteiger partial charge in [-0.25, -0.2) is 0 Å². The van der Waals surface area contributed by atoms with Crippen LogP contribution in [0.1, 0.15) is 66.7 Å². The maximum atomic E-state index is 8.53. The van der Waals surface area contributed by atoms with Gasteiger partial charge in [-0.2, -0.15) is 0 Å². The highest BCUT2D eigenvalue weighted by Crippen LogP contribution is 2.10. The summed E-state index contributed by atoms with van der Waals surface area (Å²) in [6.45, 7) is 11.3. The van der Waals surface area contributed by atoms with Crippen molar-refractivity contribution in [2.24, 2.45) is 11.8 Å². The lowest BCUT2D eigenvalue weighted by molar-refractivity contribution is 0.219. The molecule has 0 aromatic rings. The minimum atomic E-state index is 0.354. The van der Waals surface area contributed by atoms with Gasteiger partial charge in [-0.1, -0.05) is 66.7 Å². The Balaban J connectivity index is 0. The first-order valence-electron chi connectivity index (χ1n) is 6.30. The Morgan fingerprint density at radius 3 is 0.929 bits per heavy atom. The van der Waals surface area contributed by atoms with Crippen LogP contribution in [0.5, 0.6) is 0 Å². The molecule has 0 atom stereocenters. The highest BCUT2D eigenvalue weighted by molar-refractivity contribution is 4.49. The van der Waals surface area contributed by atoms with Gasteiger partial charge in [0.05, 0.1) is 0 Å². The summed E-state index contributed by atoms with van der Waals surface area (Å²) >= 11 is 0. The smallest absolute Gasteiger partial charge is 0.0459 e. The molecule has 0 aromatic heterocycles. The van der Waals surface area contributed by atoms with Crippen molar-refractivity contribution in [1.82, 2.24) is 0 Å². The van der Waals surface area contributed by atoms with Crippen LogP contribution in [-0.2, 0) is 0 Å². The van der Waals surface area contributed by atoms with Gasteiger partial charge in [-0.05, 0) is 11.8 Å². The van der Waals surface area contributed by atoms with Crippen LogP contribution in [0.4, 0.5) is 0 Å². The van der Waals surface area contributed by atoms with E-state index in [-0.39, 0.29) is 0 Å². The van der Waals surface area contributed by atoms with Gasteiger partial charge in [0.25, 0.3) is 0 Å². The van der Waals surface area contributed by atoms with Crippen molar-refractivity contribution < 1.29 is 5.11 Å².